The number of amides is 2. The maximum absolute atomic E-state index is 13.1. The van der Waals surface area contributed by atoms with Gasteiger partial charge in [-0.05, 0) is 48.9 Å². The van der Waals surface area contributed by atoms with E-state index in [2.05, 4.69) is 22.1 Å². The summed E-state index contributed by atoms with van der Waals surface area (Å²) in [6.45, 7) is 5.97. The van der Waals surface area contributed by atoms with Crippen LogP contribution in [-0.2, 0) is 17.9 Å². The van der Waals surface area contributed by atoms with Crippen molar-refractivity contribution in [2.24, 2.45) is 0 Å². The molecule has 3 heterocycles. The van der Waals surface area contributed by atoms with Crippen molar-refractivity contribution >= 4 is 23.3 Å². The highest BCUT2D eigenvalue weighted by molar-refractivity contribution is 5.95. The van der Waals surface area contributed by atoms with Crippen molar-refractivity contribution in [1.82, 2.24) is 14.7 Å². The number of nitrogens with zero attached hydrogens (tertiary/aromatic N) is 5. The highest BCUT2D eigenvalue weighted by Crippen LogP contribution is 2.25. The molecule has 0 bridgehead atoms. The number of aryl methyl sites for hydroxylation is 2. The van der Waals surface area contributed by atoms with Crippen LogP contribution in [0.4, 0.5) is 11.5 Å². The van der Waals surface area contributed by atoms with Gasteiger partial charge in [0.1, 0.15) is 11.6 Å². The van der Waals surface area contributed by atoms with Crippen LogP contribution < -0.4 is 14.5 Å². The second-order valence-corrected chi connectivity index (χ2v) is 8.77. The molecule has 1 fully saturated rings. The van der Waals surface area contributed by atoms with Crippen molar-refractivity contribution in [2.45, 2.75) is 26.4 Å². The fraction of sp³-hybridized carbons (Fsp3) is 0.346. The number of methoxy groups -OCH3 is 1. The monoisotopic (exact) mass is 459 g/mol. The molecule has 0 saturated carbocycles. The molecule has 34 heavy (non-hydrogen) atoms. The summed E-state index contributed by atoms with van der Waals surface area (Å²) >= 11 is 0. The second-order valence-electron chi connectivity index (χ2n) is 8.77. The maximum Gasteiger partial charge on any atom is 0.253 e. The van der Waals surface area contributed by atoms with Gasteiger partial charge >= 0.3 is 0 Å². The fourth-order valence-corrected chi connectivity index (χ4v) is 4.63. The number of piperazine rings is 1. The Hall–Kier alpha value is -3.81. The van der Waals surface area contributed by atoms with E-state index in [0.29, 0.717) is 38.2 Å². The molecule has 2 amide bonds. The van der Waals surface area contributed by atoms with Gasteiger partial charge in [-0.2, -0.15) is 5.10 Å². The van der Waals surface area contributed by atoms with Crippen molar-refractivity contribution in [2.75, 3.05) is 43.1 Å². The molecule has 0 spiro atoms. The van der Waals surface area contributed by atoms with E-state index in [1.807, 2.05) is 59.0 Å². The number of benzene rings is 2. The summed E-state index contributed by atoms with van der Waals surface area (Å²) in [5, 5.41) is 4.46. The van der Waals surface area contributed by atoms with Crippen LogP contribution in [0.1, 0.15) is 28.0 Å². The van der Waals surface area contributed by atoms with E-state index in [1.54, 1.807) is 12.0 Å². The van der Waals surface area contributed by atoms with Crippen LogP contribution >= 0.6 is 0 Å². The molecule has 1 aromatic heterocycles. The first-order valence-electron chi connectivity index (χ1n) is 11.6. The summed E-state index contributed by atoms with van der Waals surface area (Å²) in [4.78, 5) is 31.6. The molecular weight excluding hydrogens is 430 g/mol. The first-order chi connectivity index (χ1) is 16.5. The van der Waals surface area contributed by atoms with E-state index < -0.39 is 0 Å². The SMILES string of the molecule is COc1ccc(N2CCN(C(=O)c3ccc(CN4C(=O)CCn5nc(C)cc54)cc3)CC2)cc1. The van der Waals surface area contributed by atoms with Crippen molar-refractivity contribution in [3.8, 4) is 5.75 Å². The summed E-state index contributed by atoms with van der Waals surface area (Å²) in [5.41, 5.74) is 3.71. The van der Waals surface area contributed by atoms with Crippen LogP contribution in [0.5, 0.6) is 5.75 Å². The molecule has 1 saturated heterocycles. The summed E-state index contributed by atoms with van der Waals surface area (Å²) in [6, 6.07) is 17.6. The number of carbonyl (C=O) groups excluding carboxylic acids is 2. The fourth-order valence-electron chi connectivity index (χ4n) is 4.63. The molecule has 2 aromatic carbocycles. The zero-order chi connectivity index (χ0) is 23.7. The molecule has 0 radical (unpaired) electrons. The van der Waals surface area contributed by atoms with Crippen LogP contribution in [0, 0.1) is 6.92 Å². The van der Waals surface area contributed by atoms with Crippen LogP contribution in [0.15, 0.2) is 54.6 Å². The maximum atomic E-state index is 13.1. The van der Waals surface area contributed by atoms with Crippen molar-refractivity contribution in [3.63, 3.8) is 0 Å². The third-order valence-electron chi connectivity index (χ3n) is 6.54. The Bertz CT molecular complexity index is 1180. The minimum atomic E-state index is 0.0451. The number of aromatic nitrogens is 2. The Morgan fingerprint density at radius 2 is 1.68 bits per heavy atom. The molecule has 5 rings (SSSR count). The molecule has 0 aliphatic carbocycles. The van der Waals surface area contributed by atoms with Crippen LogP contribution in [-0.4, -0.2) is 59.8 Å². The minimum absolute atomic E-state index is 0.0451. The zero-order valence-corrected chi connectivity index (χ0v) is 19.6. The van der Waals surface area contributed by atoms with E-state index in [-0.39, 0.29) is 11.8 Å². The third-order valence-corrected chi connectivity index (χ3v) is 6.54. The van der Waals surface area contributed by atoms with Crippen LogP contribution in [0.25, 0.3) is 0 Å². The smallest absolute Gasteiger partial charge is 0.253 e. The van der Waals surface area contributed by atoms with Gasteiger partial charge in [-0.3, -0.25) is 14.5 Å². The lowest BCUT2D eigenvalue weighted by Crippen LogP contribution is -2.48. The molecule has 0 N–H and O–H groups in total. The topological polar surface area (TPSA) is 70.9 Å². The number of anilines is 2. The average molecular weight is 460 g/mol. The predicted molar refractivity (Wildman–Crippen MR) is 130 cm³/mol. The Morgan fingerprint density at radius 1 is 0.971 bits per heavy atom. The average Bonchev–Trinajstić information content (AvgIpc) is 3.26. The molecule has 0 atom stereocenters. The van der Waals surface area contributed by atoms with Gasteiger partial charge in [-0.15, -0.1) is 0 Å². The van der Waals surface area contributed by atoms with Crippen molar-refractivity contribution in [3.05, 3.63) is 71.4 Å². The summed E-state index contributed by atoms with van der Waals surface area (Å²) in [7, 11) is 1.66. The summed E-state index contributed by atoms with van der Waals surface area (Å²) in [6.07, 6.45) is 0.452. The lowest BCUT2D eigenvalue weighted by molar-refractivity contribution is -0.119. The molecule has 2 aliphatic heterocycles. The van der Waals surface area contributed by atoms with Crippen LogP contribution in [0.3, 0.4) is 0 Å². The molecule has 0 unspecified atom stereocenters. The normalized spacial score (nSPS) is 15.9. The van der Waals surface area contributed by atoms with E-state index >= 15 is 0 Å². The van der Waals surface area contributed by atoms with Crippen LogP contribution in [0.2, 0.25) is 0 Å². The largest absolute Gasteiger partial charge is 0.497 e. The molecule has 8 heteroatoms. The van der Waals surface area contributed by atoms with E-state index in [9.17, 15) is 9.59 Å². The molecule has 3 aromatic rings. The Kier molecular flexibility index (Phi) is 5.96. The van der Waals surface area contributed by atoms with E-state index in [1.165, 1.54) is 0 Å². The quantitative estimate of drug-likeness (QED) is 0.586. The van der Waals surface area contributed by atoms with Gasteiger partial charge in [0.15, 0.2) is 0 Å². The number of ether oxygens (including phenoxy) is 1. The predicted octanol–water partition coefficient (Wildman–Crippen LogP) is 3.10. The van der Waals surface area contributed by atoms with Gasteiger partial charge in [-0.25, -0.2) is 4.68 Å². The van der Waals surface area contributed by atoms with E-state index in [4.69, 9.17) is 4.74 Å². The number of fused-ring (bicyclic) bond motifs is 1. The number of hydrogen-bond acceptors (Lipinski definition) is 5. The molecule has 2 aliphatic rings. The Balaban J connectivity index is 1.20. The number of carbonyl (C=O) groups is 2. The van der Waals surface area contributed by atoms with Gasteiger partial charge in [0.2, 0.25) is 5.91 Å². The number of rotatable bonds is 5. The highest BCUT2D eigenvalue weighted by Gasteiger charge is 2.26. The van der Waals surface area contributed by atoms with Gasteiger partial charge < -0.3 is 14.5 Å². The first kappa shape index (κ1) is 22.0. The minimum Gasteiger partial charge on any atom is -0.497 e. The van der Waals surface area contributed by atoms with Gasteiger partial charge in [0.05, 0.1) is 25.9 Å². The molecular formula is C26H29N5O3. The van der Waals surface area contributed by atoms with Crippen molar-refractivity contribution in [1.29, 1.82) is 0 Å². The van der Waals surface area contributed by atoms with Gasteiger partial charge in [0, 0.05) is 49.9 Å². The zero-order valence-electron chi connectivity index (χ0n) is 19.6. The Labute approximate surface area is 199 Å². The first-order valence-corrected chi connectivity index (χ1v) is 11.6. The molecule has 8 nitrogen and oxygen atoms in total. The highest BCUT2D eigenvalue weighted by atomic mass is 16.5. The van der Waals surface area contributed by atoms with E-state index in [0.717, 1.165) is 41.6 Å². The number of hydrogen-bond donors (Lipinski definition) is 0. The third kappa shape index (κ3) is 4.35. The summed E-state index contributed by atoms with van der Waals surface area (Å²) < 4.78 is 7.12. The van der Waals surface area contributed by atoms with Crippen molar-refractivity contribution < 1.29 is 14.3 Å². The summed E-state index contributed by atoms with van der Waals surface area (Å²) in [5.74, 6) is 1.82. The Morgan fingerprint density at radius 3 is 2.35 bits per heavy atom. The van der Waals surface area contributed by atoms with Gasteiger partial charge in [0.25, 0.3) is 5.91 Å². The lowest BCUT2D eigenvalue weighted by atomic mass is 10.1. The second kappa shape index (κ2) is 9.21. The lowest BCUT2D eigenvalue weighted by Gasteiger charge is -2.36. The molecule has 176 valence electrons. The van der Waals surface area contributed by atoms with Gasteiger partial charge in [-0.1, -0.05) is 12.1 Å². The standard InChI is InChI=1S/C26H29N5O3/c1-19-17-24-30(25(32)11-12-31(24)27-19)18-20-3-5-21(6-4-20)26(33)29-15-13-28(14-16-29)22-7-9-23(34-2)10-8-22/h3-10,17H,11-16,18H2,1-2H3.